The van der Waals surface area contributed by atoms with Crippen molar-refractivity contribution < 1.29 is 4.74 Å². The molecule has 0 saturated heterocycles. The highest BCUT2D eigenvalue weighted by Crippen LogP contribution is 2.19. The fraction of sp³-hybridized carbons (Fsp3) is 0.214. The second-order valence-corrected chi connectivity index (χ2v) is 3.84. The molecule has 0 aliphatic heterocycles. The molecule has 0 amide bonds. The molecule has 0 atom stereocenters. The van der Waals surface area contributed by atoms with E-state index in [4.69, 9.17) is 10.5 Å². The Balaban J connectivity index is 2.26. The highest BCUT2D eigenvalue weighted by molar-refractivity contribution is 5.37. The summed E-state index contributed by atoms with van der Waals surface area (Å²) < 4.78 is 5.19. The van der Waals surface area contributed by atoms with E-state index in [0.717, 1.165) is 23.4 Å². The molecule has 1 aromatic carbocycles. The van der Waals surface area contributed by atoms with Gasteiger partial charge in [0.15, 0.2) is 0 Å². The highest BCUT2D eigenvalue weighted by atomic mass is 16.5. The lowest BCUT2D eigenvalue weighted by atomic mass is 10.0. The van der Waals surface area contributed by atoms with Gasteiger partial charge in [-0.25, -0.2) is 0 Å². The topological polar surface area (TPSA) is 48.1 Å². The van der Waals surface area contributed by atoms with Gasteiger partial charge in [0.05, 0.1) is 7.11 Å². The van der Waals surface area contributed by atoms with E-state index < -0.39 is 0 Å². The molecule has 1 aromatic heterocycles. The van der Waals surface area contributed by atoms with E-state index >= 15 is 0 Å². The Morgan fingerprint density at radius 3 is 2.71 bits per heavy atom. The Labute approximate surface area is 101 Å². The van der Waals surface area contributed by atoms with Crippen LogP contribution in [0.25, 0.3) is 0 Å². The van der Waals surface area contributed by atoms with Crippen molar-refractivity contribution >= 4 is 0 Å². The second kappa shape index (κ2) is 5.46. The number of nitrogens with two attached hydrogens (primary N) is 1. The van der Waals surface area contributed by atoms with Crippen molar-refractivity contribution in [1.29, 1.82) is 0 Å². The SMILES string of the molecule is COc1ccc(Cc2ccccn2)c(CN)c1. The first-order valence-corrected chi connectivity index (χ1v) is 5.59. The molecule has 3 heteroatoms. The van der Waals surface area contributed by atoms with Crippen LogP contribution in [0, 0.1) is 0 Å². The molecule has 88 valence electrons. The van der Waals surface area contributed by atoms with Crippen LogP contribution in [0.2, 0.25) is 0 Å². The summed E-state index contributed by atoms with van der Waals surface area (Å²) in [6.45, 7) is 0.513. The van der Waals surface area contributed by atoms with Crippen LogP contribution in [0.15, 0.2) is 42.6 Å². The monoisotopic (exact) mass is 228 g/mol. The number of nitrogens with zero attached hydrogens (tertiary/aromatic N) is 1. The minimum absolute atomic E-state index is 0.513. The van der Waals surface area contributed by atoms with Gasteiger partial charge in [0.1, 0.15) is 5.75 Å². The molecule has 0 radical (unpaired) electrons. The van der Waals surface area contributed by atoms with Gasteiger partial charge in [0.2, 0.25) is 0 Å². The van der Waals surface area contributed by atoms with Gasteiger partial charge in [-0.15, -0.1) is 0 Å². The molecule has 2 aromatic rings. The molecular formula is C14H16N2O. The summed E-state index contributed by atoms with van der Waals surface area (Å²) in [5.74, 6) is 0.843. The van der Waals surface area contributed by atoms with Gasteiger partial charge in [-0.3, -0.25) is 4.98 Å². The van der Waals surface area contributed by atoms with Gasteiger partial charge in [0, 0.05) is 24.9 Å². The van der Waals surface area contributed by atoms with Crippen molar-refractivity contribution in [2.24, 2.45) is 5.73 Å². The number of rotatable bonds is 4. The van der Waals surface area contributed by atoms with Crippen LogP contribution in [0.1, 0.15) is 16.8 Å². The molecular weight excluding hydrogens is 212 g/mol. The van der Waals surface area contributed by atoms with E-state index in [1.165, 1.54) is 5.56 Å². The molecule has 0 aliphatic rings. The predicted octanol–water partition coefficient (Wildman–Crippen LogP) is 2.14. The normalized spacial score (nSPS) is 10.2. The standard InChI is InChI=1S/C14H16N2O/c1-17-14-6-5-11(12(9-14)10-15)8-13-4-2-3-7-16-13/h2-7,9H,8,10,15H2,1H3. The number of pyridine rings is 1. The van der Waals surface area contributed by atoms with Gasteiger partial charge in [-0.05, 0) is 35.4 Å². The first-order valence-electron chi connectivity index (χ1n) is 5.59. The summed E-state index contributed by atoms with van der Waals surface area (Å²) in [4.78, 5) is 4.32. The van der Waals surface area contributed by atoms with Crippen molar-refractivity contribution in [1.82, 2.24) is 4.98 Å². The molecule has 0 unspecified atom stereocenters. The van der Waals surface area contributed by atoms with Crippen molar-refractivity contribution in [3.05, 3.63) is 59.4 Å². The number of hydrogen-bond donors (Lipinski definition) is 1. The van der Waals surface area contributed by atoms with Gasteiger partial charge >= 0.3 is 0 Å². The Morgan fingerprint density at radius 1 is 1.18 bits per heavy atom. The number of ether oxygens (including phenoxy) is 1. The Kier molecular flexibility index (Phi) is 3.73. The summed E-state index contributed by atoms with van der Waals surface area (Å²) >= 11 is 0. The van der Waals surface area contributed by atoms with E-state index in [9.17, 15) is 0 Å². The minimum atomic E-state index is 0.513. The lowest BCUT2D eigenvalue weighted by Crippen LogP contribution is -2.03. The van der Waals surface area contributed by atoms with Gasteiger partial charge in [-0.1, -0.05) is 12.1 Å². The lowest BCUT2D eigenvalue weighted by molar-refractivity contribution is 0.414. The van der Waals surface area contributed by atoms with Crippen LogP contribution in [-0.4, -0.2) is 12.1 Å². The zero-order valence-electron chi connectivity index (χ0n) is 9.89. The third-order valence-corrected chi connectivity index (χ3v) is 2.73. The number of methoxy groups -OCH3 is 1. The first-order chi connectivity index (χ1) is 8.33. The van der Waals surface area contributed by atoms with Gasteiger partial charge < -0.3 is 10.5 Å². The van der Waals surface area contributed by atoms with Crippen LogP contribution < -0.4 is 10.5 Å². The molecule has 0 bridgehead atoms. The van der Waals surface area contributed by atoms with E-state index in [1.54, 1.807) is 13.3 Å². The zero-order valence-corrected chi connectivity index (χ0v) is 9.89. The van der Waals surface area contributed by atoms with Crippen LogP contribution in [0.4, 0.5) is 0 Å². The van der Waals surface area contributed by atoms with E-state index in [2.05, 4.69) is 11.1 Å². The second-order valence-electron chi connectivity index (χ2n) is 3.84. The van der Waals surface area contributed by atoms with E-state index in [1.807, 2.05) is 30.3 Å². The van der Waals surface area contributed by atoms with Crippen LogP contribution >= 0.6 is 0 Å². The maximum atomic E-state index is 5.75. The Hall–Kier alpha value is -1.87. The van der Waals surface area contributed by atoms with Gasteiger partial charge in [-0.2, -0.15) is 0 Å². The minimum Gasteiger partial charge on any atom is -0.497 e. The molecule has 0 saturated carbocycles. The Bertz CT molecular complexity index is 483. The lowest BCUT2D eigenvalue weighted by Gasteiger charge is -2.09. The number of hydrogen-bond acceptors (Lipinski definition) is 3. The number of benzene rings is 1. The highest BCUT2D eigenvalue weighted by Gasteiger charge is 2.04. The van der Waals surface area contributed by atoms with E-state index in [0.29, 0.717) is 6.54 Å². The maximum absolute atomic E-state index is 5.75. The van der Waals surface area contributed by atoms with Crippen LogP contribution in [0.5, 0.6) is 5.75 Å². The average molecular weight is 228 g/mol. The summed E-state index contributed by atoms with van der Waals surface area (Å²) in [7, 11) is 1.66. The molecule has 0 spiro atoms. The largest absolute Gasteiger partial charge is 0.497 e. The van der Waals surface area contributed by atoms with E-state index in [-0.39, 0.29) is 0 Å². The molecule has 2 rings (SSSR count). The smallest absolute Gasteiger partial charge is 0.119 e. The fourth-order valence-corrected chi connectivity index (χ4v) is 1.79. The quantitative estimate of drug-likeness (QED) is 0.872. The van der Waals surface area contributed by atoms with Crippen molar-refractivity contribution in [3.8, 4) is 5.75 Å². The summed E-state index contributed by atoms with van der Waals surface area (Å²) in [6.07, 6.45) is 2.61. The average Bonchev–Trinajstić information content (AvgIpc) is 2.40. The Morgan fingerprint density at radius 2 is 2.06 bits per heavy atom. The zero-order chi connectivity index (χ0) is 12.1. The summed E-state index contributed by atoms with van der Waals surface area (Å²) in [5.41, 5.74) is 9.11. The molecule has 0 fully saturated rings. The maximum Gasteiger partial charge on any atom is 0.119 e. The van der Waals surface area contributed by atoms with Crippen molar-refractivity contribution in [3.63, 3.8) is 0 Å². The van der Waals surface area contributed by atoms with Crippen molar-refractivity contribution in [2.45, 2.75) is 13.0 Å². The first kappa shape index (κ1) is 11.6. The van der Waals surface area contributed by atoms with Crippen molar-refractivity contribution in [2.75, 3.05) is 7.11 Å². The third-order valence-electron chi connectivity index (χ3n) is 2.73. The number of aromatic nitrogens is 1. The molecule has 0 aliphatic carbocycles. The molecule has 1 heterocycles. The fourth-order valence-electron chi connectivity index (χ4n) is 1.79. The molecule has 17 heavy (non-hydrogen) atoms. The third kappa shape index (κ3) is 2.82. The molecule has 3 nitrogen and oxygen atoms in total. The van der Waals surface area contributed by atoms with Gasteiger partial charge in [0.25, 0.3) is 0 Å². The van der Waals surface area contributed by atoms with Crippen LogP contribution in [-0.2, 0) is 13.0 Å². The summed E-state index contributed by atoms with van der Waals surface area (Å²) in [6, 6.07) is 11.9. The van der Waals surface area contributed by atoms with Crippen LogP contribution in [0.3, 0.4) is 0 Å². The summed E-state index contributed by atoms with van der Waals surface area (Å²) in [5, 5.41) is 0. The molecule has 2 N–H and O–H groups in total. The predicted molar refractivity (Wildman–Crippen MR) is 67.9 cm³/mol.